The van der Waals surface area contributed by atoms with Gasteiger partial charge in [0, 0.05) is 5.56 Å². The van der Waals surface area contributed by atoms with Gasteiger partial charge in [0.15, 0.2) is 6.40 Å². The molecule has 0 bridgehead atoms. The van der Waals surface area contributed by atoms with E-state index in [0.717, 1.165) is 5.56 Å². The number of hydrazone groups is 1. The van der Waals surface area contributed by atoms with Gasteiger partial charge in [0.2, 0.25) is 6.23 Å². The molecule has 1 aliphatic heterocycles. The topological polar surface area (TPSA) is 33.6 Å². The van der Waals surface area contributed by atoms with Crippen LogP contribution >= 0.6 is 0 Å². The van der Waals surface area contributed by atoms with Gasteiger partial charge in [0.1, 0.15) is 0 Å². The van der Waals surface area contributed by atoms with Crippen molar-refractivity contribution in [2.45, 2.75) is 6.23 Å². The van der Waals surface area contributed by atoms with Crippen molar-refractivity contribution < 1.29 is 4.74 Å². The summed E-state index contributed by atoms with van der Waals surface area (Å²) in [5.74, 6) is 0. The minimum absolute atomic E-state index is 0.101. The van der Waals surface area contributed by atoms with Crippen LogP contribution in [0.3, 0.4) is 0 Å². The van der Waals surface area contributed by atoms with Crippen molar-refractivity contribution in [3.63, 3.8) is 0 Å². The number of nitrogens with zero attached hydrogens (tertiary/aromatic N) is 1. The third-order valence-electron chi connectivity index (χ3n) is 1.54. The Labute approximate surface area is 64.7 Å². The predicted octanol–water partition coefficient (Wildman–Crippen LogP) is 1.25. The molecule has 0 fully saturated rings. The number of hydrogen-bond donors (Lipinski definition) is 1. The smallest absolute Gasteiger partial charge is 0.212 e. The lowest BCUT2D eigenvalue weighted by Gasteiger charge is -2.08. The molecule has 1 aromatic rings. The van der Waals surface area contributed by atoms with Gasteiger partial charge >= 0.3 is 0 Å². The molecule has 0 amide bonds. The SMILES string of the molecule is C1=NNC(c2ccccc2)O1. The fourth-order valence-corrected chi connectivity index (χ4v) is 1.00. The second kappa shape index (κ2) is 2.62. The van der Waals surface area contributed by atoms with Crippen molar-refractivity contribution in [3.05, 3.63) is 35.9 Å². The largest absolute Gasteiger partial charge is 0.453 e. The second-order valence-electron chi connectivity index (χ2n) is 2.29. The lowest BCUT2D eigenvalue weighted by Crippen LogP contribution is -2.10. The van der Waals surface area contributed by atoms with Gasteiger partial charge in [-0.05, 0) is 0 Å². The molecule has 11 heavy (non-hydrogen) atoms. The van der Waals surface area contributed by atoms with Crippen molar-refractivity contribution in [1.82, 2.24) is 5.43 Å². The average Bonchev–Trinajstić information content (AvgIpc) is 2.58. The first-order chi connectivity index (χ1) is 5.47. The van der Waals surface area contributed by atoms with E-state index in [4.69, 9.17) is 4.74 Å². The summed E-state index contributed by atoms with van der Waals surface area (Å²) in [6.07, 6.45) is 1.31. The van der Waals surface area contributed by atoms with Crippen molar-refractivity contribution in [1.29, 1.82) is 0 Å². The van der Waals surface area contributed by atoms with E-state index in [0.29, 0.717) is 0 Å². The lowest BCUT2D eigenvalue weighted by atomic mass is 10.2. The monoisotopic (exact) mass is 148 g/mol. The van der Waals surface area contributed by atoms with Crippen LogP contribution in [0.4, 0.5) is 0 Å². The summed E-state index contributed by atoms with van der Waals surface area (Å²) in [5, 5.41) is 3.74. The van der Waals surface area contributed by atoms with E-state index >= 15 is 0 Å². The maximum absolute atomic E-state index is 5.14. The van der Waals surface area contributed by atoms with Crippen LogP contribution in [0, 0.1) is 0 Å². The normalized spacial score (nSPS) is 20.9. The maximum Gasteiger partial charge on any atom is 0.212 e. The summed E-state index contributed by atoms with van der Waals surface area (Å²) in [6, 6.07) is 9.90. The van der Waals surface area contributed by atoms with Crippen LogP contribution in [0.15, 0.2) is 35.4 Å². The molecule has 0 saturated carbocycles. The number of nitrogens with one attached hydrogen (secondary N) is 1. The molecule has 0 saturated heterocycles. The number of ether oxygens (including phenoxy) is 1. The summed E-state index contributed by atoms with van der Waals surface area (Å²) >= 11 is 0. The van der Waals surface area contributed by atoms with Crippen LogP contribution < -0.4 is 5.43 Å². The zero-order valence-electron chi connectivity index (χ0n) is 5.90. The molecule has 3 nitrogen and oxygen atoms in total. The van der Waals surface area contributed by atoms with E-state index in [1.54, 1.807) is 0 Å². The quantitative estimate of drug-likeness (QED) is 0.650. The third kappa shape index (κ3) is 1.17. The summed E-state index contributed by atoms with van der Waals surface area (Å²) in [5.41, 5.74) is 3.91. The Kier molecular flexibility index (Phi) is 1.48. The van der Waals surface area contributed by atoms with Crippen molar-refractivity contribution >= 4 is 6.40 Å². The molecule has 0 aromatic heterocycles. The Balaban J connectivity index is 2.17. The number of benzene rings is 1. The summed E-state index contributed by atoms with van der Waals surface area (Å²) < 4.78 is 5.14. The number of rotatable bonds is 1. The van der Waals surface area contributed by atoms with Gasteiger partial charge in [0.25, 0.3) is 0 Å². The van der Waals surface area contributed by atoms with Crippen molar-refractivity contribution in [3.8, 4) is 0 Å². The van der Waals surface area contributed by atoms with Crippen molar-refractivity contribution in [2.75, 3.05) is 0 Å². The average molecular weight is 148 g/mol. The molecule has 1 unspecified atom stereocenters. The van der Waals surface area contributed by atoms with E-state index in [1.165, 1.54) is 6.40 Å². The summed E-state index contributed by atoms with van der Waals surface area (Å²) in [6.45, 7) is 0. The minimum Gasteiger partial charge on any atom is -0.453 e. The molecule has 1 aromatic carbocycles. The van der Waals surface area contributed by atoms with Gasteiger partial charge < -0.3 is 4.74 Å². The van der Waals surface area contributed by atoms with Gasteiger partial charge in [-0.25, -0.2) is 0 Å². The summed E-state index contributed by atoms with van der Waals surface area (Å²) in [7, 11) is 0. The Bertz CT molecular complexity index is 250. The standard InChI is InChI=1S/C8H8N2O/c1-2-4-7(5-3-1)8-10-9-6-11-8/h1-6,8,10H. The van der Waals surface area contributed by atoms with E-state index in [1.807, 2.05) is 30.3 Å². The first-order valence-electron chi connectivity index (χ1n) is 3.44. The van der Waals surface area contributed by atoms with E-state index in [9.17, 15) is 0 Å². The van der Waals surface area contributed by atoms with Gasteiger partial charge in [-0.1, -0.05) is 30.3 Å². The zero-order chi connectivity index (χ0) is 7.52. The van der Waals surface area contributed by atoms with Gasteiger partial charge in [-0.3, -0.25) is 5.43 Å². The fraction of sp³-hybridized carbons (Fsp3) is 0.125. The highest BCUT2D eigenvalue weighted by molar-refractivity contribution is 5.48. The van der Waals surface area contributed by atoms with Crippen LogP contribution in [-0.4, -0.2) is 6.40 Å². The molecule has 1 heterocycles. The molecular weight excluding hydrogens is 140 g/mol. The Morgan fingerprint density at radius 2 is 2.09 bits per heavy atom. The van der Waals surface area contributed by atoms with Crippen LogP contribution in [0.25, 0.3) is 0 Å². The second-order valence-corrected chi connectivity index (χ2v) is 2.29. The first-order valence-corrected chi connectivity index (χ1v) is 3.44. The molecule has 2 rings (SSSR count). The molecule has 3 heteroatoms. The lowest BCUT2D eigenvalue weighted by molar-refractivity contribution is 0.199. The van der Waals surface area contributed by atoms with Crippen LogP contribution in [0.5, 0.6) is 0 Å². The van der Waals surface area contributed by atoms with Gasteiger partial charge in [-0.15, -0.1) is 5.10 Å². The minimum atomic E-state index is -0.101. The van der Waals surface area contributed by atoms with Crippen LogP contribution in [0.1, 0.15) is 11.8 Å². The van der Waals surface area contributed by atoms with Crippen LogP contribution in [0.2, 0.25) is 0 Å². The van der Waals surface area contributed by atoms with Gasteiger partial charge in [-0.2, -0.15) is 0 Å². The molecule has 1 atom stereocenters. The van der Waals surface area contributed by atoms with Crippen LogP contribution in [-0.2, 0) is 4.74 Å². The highest BCUT2D eigenvalue weighted by Gasteiger charge is 2.12. The molecule has 0 aliphatic carbocycles. The first kappa shape index (κ1) is 6.22. The molecule has 0 radical (unpaired) electrons. The van der Waals surface area contributed by atoms with Crippen molar-refractivity contribution in [2.24, 2.45) is 5.10 Å². The Morgan fingerprint density at radius 1 is 1.27 bits per heavy atom. The molecule has 1 N–H and O–H groups in total. The third-order valence-corrected chi connectivity index (χ3v) is 1.54. The molecular formula is C8H8N2O. The highest BCUT2D eigenvalue weighted by Crippen LogP contribution is 2.14. The Morgan fingerprint density at radius 3 is 2.73 bits per heavy atom. The van der Waals surface area contributed by atoms with E-state index in [-0.39, 0.29) is 6.23 Å². The van der Waals surface area contributed by atoms with E-state index < -0.39 is 0 Å². The van der Waals surface area contributed by atoms with Gasteiger partial charge in [0.05, 0.1) is 0 Å². The molecule has 0 spiro atoms. The summed E-state index contributed by atoms with van der Waals surface area (Å²) in [4.78, 5) is 0. The highest BCUT2D eigenvalue weighted by atomic mass is 16.5. The maximum atomic E-state index is 5.14. The number of hydrogen-bond acceptors (Lipinski definition) is 3. The molecule has 1 aliphatic rings. The Hall–Kier alpha value is -1.51. The predicted molar refractivity (Wildman–Crippen MR) is 41.9 cm³/mol. The van der Waals surface area contributed by atoms with E-state index in [2.05, 4.69) is 10.5 Å². The fourth-order valence-electron chi connectivity index (χ4n) is 1.00. The molecule has 56 valence electrons. The zero-order valence-corrected chi connectivity index (χ0v) is 5.90.